The average molecular weight is 329 g/mol. The molecule has 0 aliphatic rings. The molecule has 0 unspecified atom stereocenters. The highest BCUT2D eigenvalue weighted by Gasteiger charge is 2.35. The van der Waals surface area contributed by atoms with Gasteiger partial charge in [0.15, 0.2) is 0 Å². The van der Waals surface area contributed by atoms with Crippen LogP contribution in [0.5, 0.6) is 0 Å². The van der Waals surface area contributed by atoms with Gasteiger partial charge in [0.2, 0.25) is 0 Å². The molecule has 0 aliphatic carbocycles. The molecule has 0 aromatic heterocycles. The molecule has 1 aromatic rings. The summed E-state index contributed by atoms with van der Waals surface area (Å²) in [7, 11) is 0. The summed E-state index contributed by atoms with van der Waals surface area (Å²) in [5.41, 5.74) is -1.37. The van der Waals surface area contributed by atoms with Crippen LogP contribution in [0.4, 0.5) is 17.6 Å². The Balaban J connectivity index is 3.10. The van der Waals surface area contributed by atoms with Crippen molar-refractivity contribution in [3.8, 4) is 0 Å². The van der Waals surface area contributed by atoms with E-state index in [4.69, 9.17) is 0 Å². The van der Waals surface area contributed by atoms with Gasteiger partial charge < -0.3 is 4.74 Å². The molecule has 0 fully saturated rings. The first kappa shape index (κ1) is 14.9. The van der Waals surface area contributed by atoms with Crippen molar-refractivity contribution in [1.82, 2.24) is 0 Å². The molecule has 100 valence electrons. The molecule has 1 rings (SSSR count). The maximum Gasteiger partial charge on any atom is 0.419 e. The normalized spacial score (nSPS) is 11.4. The zero-order chi connectivity index (χ0) is 13.9. The molecule has 0 saturated heterocycles. The predicted octanol–water partition coefficient (Wildman–Crippen LogP) is 3.71. The van der Waals surface area contributed by atoms with Crippen molar-refractivity contribution < 1.29 is 27.1 Å². The molecule has 0 N–H and O–H groups in total. The van der Waals surface area contributed by atoms with E-state index < -0.39 is 23.5 Å². The van der Waals surface area contributed by atoms with Gasteiger partial charge >= 0.3 is 12.1 Å². The van der Waals surface area contributed by atoms with Crippen LogP contribution in [0.3, 0.4) is 0 Å². The Hall–Kier alpha value is -1.11. The molecule has 0 heterocycles. The first-order chi connectivity index (χ1) is 8.25. The predicted molar refractivity (Wildman–Crippen MR) is 59.4 cm³/mol. The van der Waals surface area contributed by atoms with Gasteiger partial charge in [-0.1, -0.05) is 15.9 Å². The minimum Gasteiger partial charge on any atom is -0.466 e. The van der Waals surface area contributed by atoms with E-state index in [1.54, 1.807) is 6.92 Å². The van der Waals surface area contributed by atoms with Crippen LogP contribution < -0.4 is 0 Å². The maximum absolute atomic E-state index is 13.1. The van der Waals surface area contributed by atoms with Gasteiger partial charge in [-0.25, -0.2) is 4.39 Å². The second-order valence-corrected chi connectivity index (χ2v) is 4.26. The Morgan fingerprint density at radius 3 is 2.50 bits per heavy atom. The second-order valence-electron chi connectivity index (χ2n) is 3.40. The third-order valence-corrected chi connectivity index (χ3v) is 2.82. The minimum atomic E-state index is -4.80. The van der Waals surface area contributed by atoms with Gasteiger partial charge in [0, 0.05) is 4.47 Å². The fourth-order valence-corrected chi connectivity index (χ4v) is 1.77. The van der Waals surface area contributed by atoms with Gasteiger partial charge in [0.1, 0.15) is 5.82 Å². The third-order valence-electron chi connectivity index (χ3n) is 2.08. The first-order valence-corrected chi connectivity index (χ1v) is 5.75. The van der Waals surface area contributed by atoms with Crippen molar-refractivity contribution in [3.63, 3.8) is 0 Å². The average Bonchev–Trinajstić information content (AvgIpc) is 2.20. The lowest BCUT2D eigenvalue weighted by Gasteiger charge is -2.11. The molecule has 1 aromatic carbocycles. The van der Waals surface area contributed by atoms with Crippen molar-refractivity contribution in [1.29, 1.82) is 0 Å². The summed E-state index contributed by atoms with van der Waals surface area (Å²) in [5, 5.41) is 0. The van der Waals surface area contributed by atoms with Crippen LogP contribution in [0, 0.1) is 5.82 Å². The molecular weight excluding hydrogens is 320 g/mol. The van der Waals surface area contributed by atoms with Gasteiger partial charge in [-0.05, 0) is 24.6 Å². The molecule has 0 spiro atoms. The standard InChI is InChI=1S/C11H9BrF4O2/c1-2-18-10(17)4-6-3-7(11(14,15)16)9(13)5-8(6)12/h3,5H,2,4H2,1H3. The monoisotopic (exact) mass is 328 g/mol. The van der Waals surface area contributed by atoms with Crippen molar-refractivity contribution in [2.24, 2.45) is 0 Å². The Bertz CT molecular complexity index is 457. The Morgan fingerprint density at radius 2 is 2.00 bits per heavy atom. The summed E-state index contributed by atoms with van der Waals surface area (Å²) in [6.07, 6.45) is -5.15. The number of carbonyl (C=O) groups excluding carboxylic acids is 1. The number of halogens is 5. The summed E-state index contributed by atoms with van der Waals surface area (Å²) in [6.45, 7) is 1.71. The largest absolute Gasteiger partial charge is 0.466 e. The van der Waals surface area contributed by atoms with E-state index in [2.05, 4.69) is 20.7 Å². The summed E-state index contributed by atoms with van der Waals surface area (Å²) >= 11 is 2.91. The van der Waals surface area contributed by atoms with Crippen molar-refractivity contribution >= 4 is 21.9 Å². The first-order valence-electron chi connectivity index (χ1n) is 4.96. The van der Waals surface area contributed by atoms with E-state index in [0.29, 0.717) is 12.1 Å². The molecule has 2 nitrogen and oxygen atoms in total. The van der Waals surface area contributed by atoms with E-state index in [9.17, 15) is 22.4 Å². The highest BCUT2D eigenvalue weighted by Crippen LogP contribution is 2.34. The van der Waals surface area contributed by atoms with E-state index in [-0.39, 0.29) is 23.1 Å². The highest BCUT2D eigenvalue weighted by atomic mass is 79.9. The molecule has 0 bridgehead atoms. The lowest BCUT2D eigenvalue weighted by atomic mass is 10.1. The smallest absolute Gasteiger partial charge is 0.419 e. The number of hydrogen-bond acceptors (Lipinski definition) is 2. The van der Waals surface area contributed by atoms with Crippen molar-refractivity contribution in [2.75, 3.05) is 6.61 Å². The van der Waals surface area contributed by atoms with Crippen LogP contribution >= 0.6 is 15.9 Å². The molecule has 0 atom stereocenters. The summed E-state index contributed by atoms with van der Waals surface area (Å²) in [5.74, 6) is -2.06. The highest BCUT2D eigenvalue weighted by molar-refractivity contribution is 9.10. The maximum atomic E-state index is 13.1. The van der Waals surface area contributed by atoms with Gasteiger partial charge in [0.25, 0.3) is 0 Å². The number of carbonyl (C=O) groups is 1. The Kier molecular flexibility index (Phi) is 4.72. The Morgan fingerprint density at radius 1 is 1.39 bits per heavy atom. The minimum absolute atomic E-state index is 0.0298. The number of esters is 1. The van der Waals surface area contributed by atoms with Crippen LogP contribution in [-0.4, -0.2) is 12.6 Å². The van der Waals surface area contributed by atoms with Gasteiger partial charge in [0.05, 0.1) is 18.6 Å². The second kappa shape index (κ2) is 5.69. The fourth-order valence-electron chi connectivity index (χ4n) is 1.31. The van der Waals surface area contributed by atoms with Crippen molar-refractivity contribution in [2.45, 2.75) is 19.5 Å². The van der Waals surface area contributed by atoms with Gasteiger partial charge in [-0.2, -0.15) is 13.2 Å². The number of alkyl halides is 3. The molecular formula is C11H9BrF4O2. The van der Waals surface area contributed by atoms with Gasteiger partial charge in [-0.3, -0.25) is 4.79 Å². The summed E-state index contributed by atoms with van der Waals surface area (Å²) in [6, 6.07) is 1.30. The van der Waals surface area contributed by atoms with Crippen LogP contribution in [0.2, 0.25) is 0 Å². The number of benzene rings is 1. The molecule has 7 heteroatoms. The topological polar surface area (TPSA) is 26.3 Å². The Labute approximate surface area is 109 Å². The SMILES string of the molecule is CCOC(=O)Cc1cc(C(F)(F)F)c(F)cc1Br. The third kappa shape index (κ3) is 3.69. The van der Waals surface area contributed by atoms with Crippen molar-refractivity contribution in [3.05, 3.63) is 33.5 Å². The number of rotatable bonds is 3. The van der Waals surface area contributed by atoms with Crippen LogP contribution in [-0.2, 0) is 22.1 Å². The lowest BCUT2D eigenvalue weighted by Crippen LogP contribution is -2.12. The van der Waals surface area contributed by atoms with E-state index in [1.165, 1.54) is 0 Å². The van der Waals surface area contributed by atoms with Crippen LogP contribution in [0.25, 0.3) is 0 Å². The fraction of sp³-hybridized carbons (Fsp3) is 0.364. The molecule has 18 heavy (non-hydrogen) atoms. The van der Waals surface area contributed by atoms with Crippen LogP contribution in [0.15, 0.2) is 16.6 Å². The lowest BCUT2D eigenvalue weighted by molar-refractivity contribution is -0.143. The van der Waals surface area contributed by atoms with Crippen LogP contribution in [0.1, 0.15) is 18.1 Å². The summed E-state index contributed by atoms with van der Waals surface area (Å²) in [4.78, 5) is 11.2. The van der Waals surface area contributed by atoms with E-state index >= 15 is 0 Å². The molecule has 0 radical (unpaired) electrons. The van der Waals surface area contributed by atoms with Gasteiger partial charge in [-0.15, -0.1) is 0 Å². The summed E-state index contributed by atoms with van der Waals surface area (Å²) < 4.78 is 55.3. The van der Waals surface area contributed by atoms with E-state index in [1.807, 2.05) is 0 Å². The molecule has 0 amide bonds. The molecule has 0 saturated carbocycles. The number of ether oxygens (including phenoxy) is 1. The molecule has 0 aliphatic heterocycles. The zero-order valence-corrected chi connectivity index (χ0v) is 10.9. The zero-order valence-electron chi connectivity index (χ0n) is 9.28. The quantitative estimate of drug-likeness (QED) is 0.624. The van der Waals surface area contributed by atoms with E-state index in [0.717, 1.165) is 0 Å². The number of hydrogen-bond donors (Lipinski definition) is 0.